The van der Waals surface area contributed by atoms with Crippen LogP contribution in [0.2, 0.25) is 5.02 Å². The number of nitrogens with one attached hydrogen (secondary N) is 1. The molecule has 0 saturated heterocycles. The van der Waals surface area contributed by atoms with Gasteiger partial charge in [0.2, 0.25) is 17.7 Å². The number of hydrogen-bond donors (Lipinski definition) is 1. The highest BCUT2D eigenvalue weighted by Gasteiger charge is 2.45. The van der Waals surface area contributed by atoms with Gasteiger partial charge in [-0.25, -0.2) is 9.97 Å². The van der Waals surface area contributed by atoms with Crippen molar-refractivity contribution in [2.75, 3.05) is 6.54 Å². The summed E-state index contributed by atoms with van der Waals surface area (Å²) in [6, 6.07) is 9.77. The zero-order valence-electron chi connectivity index (χ0n) is 17.8. The van der Waals surface area contributed by atoms with Crippen LogP contribution >= 0.6 is 11.6 Å². The largest absolute Gasteiger partial charge is 0.424 e. The minimum absolute atomic E-state index is 0.0554. The third-order valence-electron chi connectivity index (χ3n) is 5.75. The van der Waals surface area contributed by atoms with Gasteiger partial charge in [0.15, 0.2) is 0 Å². The average molecular weight is 440 g/mol. The molecule has 1 aliphatic carbocycles. The summed E-state index contributed by atoms with van der Waals surface area (Å²) in [7, 11) is 0. The van der Waals surface area contributed by atoms with Crippen LogP contribution in [0.3, 0.4) is 0 Å². The molecular formula is C23H26ClN5O2. The van der Waals surface area contributed by atoms with Crippen molar-refractivity contribution in [1.82, 2.24) is 25.5 Å². The molecule has 0 spiro atoms. The minimum Gasteiger partial charge on any atom is -0.424 e. The van der Waals surface area contributed by atoms with Crippen molar-refractivity contribution < 1.29 is 9.21 Å². The Hall–Kier alpha value is -2.80. The Bertz CT molecular complexity index is 1040. The molecule has 0 bridgehead atoms. The van der Waals surface area contributed by atoms with Gasteiger partial charge in [0, 0.05) is 42.2 Å². The van der Waals surface area contributed by atoms with E-state index in [0.717, 1.165) is 42.0 Å². The van der Waals surface area contributed by atoms with Crippen LogP contribution in [0.25, 0.3) is 0 Å². The topological polar surface area (TPSA) is 93.8 Å². The molecule has 0 aliphatic heterocycles. The Kier molecular flexibility index (Phi) is 6.32. The first-order chi connectivity index (χ1) is 14.9. The predicted molar refractivity (Wildman–Crippen MR) is 117 cm³/mol. The number of carbonyl (C=O) groups is 1. The summed E-state index contributed by atoms with van der Waals surface area (Å²) in [5, 5.41) is 12.1. The molecule has 31 heavy (non-hydrogen) atoms. The maximum absolute atomic E-state index is 12.2. The quantitative estimate of drug-likeness (QED) is 0.572. The number of aromatic nitrogens is 4. The van der Waals surface area contributed by atoms with Crippen molar-refractivity contribution in [1.29, 1.82) is 0 Å². The Morgan fingerprint density at radius 2 is 1.81 bits per heavy atom. The molecule has 7 nitrogen and oxygen atoms in total. The third kappa shape index (κ3) is 4.93. The van der Waals surface area contributed by atoms with Crippen LogP contribution in [0, 0.1) is 13.8 Å². The number of benzene rings is 1. The summed E-state index contributed by atoms with van der Waals surface area (Å²) >= 11 is 6.03. The Balaban J connectivity index is 1.30. The zero-order valence-corrected chi connectivity index (χ0v) is 18.6. The zero-order chi connectivity index (χ0) is 21.8. The summed E-state index contributed by atoms with van der Waals surface area (Å²) in [5.41, 5.74) is 2.78. The van der Waals surface area contributed by atoms with E-state index in [4.69, 9.17) is 16.0 Å². The fourth-order valence-corrected chi connectivity index (χ4v) is 4.13. The first-order valence-electron chi connectivity index (χ1n) is 10.6. The first-order valence-corrected chi connectivity index (χ1v) is 11.0. The number of amides is 1. The number of nitrogens with zero attached hydrogens (tertiary/aromatic N) is 4. The highest BCUT2D eigenvalue weighted by atomic mass is 35.5. The molecule has 3 aromatic rings. The SMILES string of the molecule is Cc1cc(C)nc(CCNC(=O)CCc2nnc(C3(c4ccc(Cl)cc4)CCC3)o2)n1. The lowest BCUT2D eigenvalue weighted by Gasteiger charge is -2.39. The van der Waals surface area contributed by atoms with Gasteiger partial charge in [-0.3, -0.25) is 4.79 Å². The van der Waals surface area contributed by atoms with Gasteiger partial charge in [-0.1, -0.05) is 30.2 Å². The van der Waals surface area contributed by atoms with Gasteiger partial charge in [0.1, 0.15) is 5.82 Å². The molecule has 1 aromatic carbocycles. The Labute approximate surface area is 186 Å². The highest BCUT2D eigenvalue weighted by molar-refractivity contribution is 6.30. The summed E-state index contributed by atoms with van der Waals surface area (Å²) in [4.78, 5) is 21.0. The highest BCUT2D eigenvalue weighted by Crippen LogP contribution is 2.48. The standard InChI is InChI=1S/C23H26ClN5O2/c1-15-14-16(2)27-19(26-15)10-13-25-20(30)8-9-21-28-29-22(31-21)23(11-3-12-23)17-4-6-18(24)7-5-17/h4-7,14H,3,8-13H2,1-2H3,(H,25,30). The second-order valence-corrected chi connectivity index (χ2v) is 8.55. The summed E-state index contributed by atoms with van der Waals surface area (Å²) in [6.07, 6.45) is 4.36. The van der Waals surface area contributed by atoms with Gasteiger partial charge in [-0.2, -0.15) is 0 Å². The molecule has 8 heteroatoms. The van der Waals surface area contributed by atoms with Crippen molar-refractivity contribution >= 4 is 17.5 Å². The molecule has 0 unspecified atom stereocenters. The lowest BCUT2D eigenvalue weighted by Crippen LogP contribution is -2.35. The van der Waals surface area contributed by atoms with Crippen LogP contribution in [-0.2, 0) is 23.1 Å². The van der Waals surface area contributed by atoms with Crippen LogP contribution in [0.1, 0.15) is 60.2 Å². The number of rotatable bonds is 8. The van der Waals surface area contributed by atoms with Gasteiger partial charge in [-0.15, -0.1) is 10.2 Å². The van der Waals surface area contributed by atoms with Gasteiger partial charge < -0.3 is 9.73 Å². The third-order valence-corrected chi connectivity index (χ3v) is 6.00. The van der Waals surface area contributed by atoms with E-state index in [1.165, 1.54) is 0 Å². The van der Waals surface area contributed by atoms with Gasteiger partial charge in [-0.05, 0) is 50.5 Å². The molecular weight excluding hydrogens is 414 g/mol. The van der Waals surface area contributed by atoms with E-state index in [1.54, 1.807) is 0 Å². The molecule has 162 valence electrons. The van der Waals surface area contributed by atoms with Gasteiger partial charge in [0.05, 0.1) is 5.41 Å². The average Bonchev–Trinajstić information content (AvgIpc) is 3.15. The van der Waals surface area contributed by atoms with E-state index in [9.17, 15) is 4.79 Å². The molecule has 2 heterocycles. The molecule has 1 N–H and O–H groups in total. The van der Waals surface area contributed by atoms with Crippen LogP contribution in [-0.4, -0.2) is 32.6 Å². The fraction of sp³-hybridized carbons (Fsp3) is 0.435. The van der Waals surface area contributed by atoms with Crippen molar-refractivity contribution in [3.8, 4) is 0 Å². The smallest absolute Gasteiger partial charge is 0.227 e. The van der Waals surface area contributed by atoms with Crippen LogP contribution in [0.5, 0.6) is 0 Å². The van der Waals surface area contributed by atoms with Crippen molar-refractivity contribution in [2.45, 2.75) is 57.8 Å². The van der Waals surface area contributed by atoms with E-state index < -0.39 is 0 Å². The van der Waals surface area contributed by atoms with Gasteiger partial charge >= 0.3 is 0 Å². The summed E-state index contributed by atoms with van der Waals surface area (Å²) in [6.45, 7) is 4.38. The summed E-state index contributed by atoms with van der Waals surface area (Å²) < 4.78 is 5.97. The normalized spacial score (nSPS) is 14.8. The second-order valence-electron chi connectivity index (χ2n) is 8.11. The second kappa shape index (κ2) is 9.14. The van der Waals surface area contributed by atoms with Crippen molar-refractivity contribution in [2.24, 2.45) is 0 Å². The lowest BCUT2D eigenvalue weighted by molar-refractivity contribution is -0.121. The number of hydrogen-bond acceptors (Lipinski definition) is 6. The number of aryl methyl sites for hydroxylation is 3. The van der Waals surface area contributed by atoms with Gasteiger partial charge in [0.25, 0.3) is 0 Å². The van der Waals surface area contributed by atoms with Crippen molar-refractivity contribution in [3.05, 3.63) is 69.9 Å². The van der Waals surface area contributed by atoms with Crippen LogP contribution in [0.15, 0.2) is 34.7 Å². The molecule has 4 rings (SSSR count). The lowest BCUT2D eigenvalue weighted by atomic mass is 9.64. The minimum atomic E-state index is -0.232. The van der Waals surface area contributed by atoms with Crippen LogP contribution in [0.4, 0.5) is 0 Å². The Morgan fingerprint density at radius 3 is 2.45 bits per heavy atom. The van der Waals surface area contributed by atoms with E-state index in [0.29, 0.717) is 42.6 Å². The van der Waals surface area contributed by atoms with Crippen LogP contribution < -0.4 is 5.32 Å². The Morgan fingerprint density at radius 1 is 1.10 bits per heavy atom. The van der Waals surface area contributed by atoms with E-state index in [2.05, 4.69) is 25.5 Å². The first kappa shape index (κ1) is 21.4. The van der Waals surface area contributed by atoms with E-state index >= 15 is 0 Å². The summed E-state index contributed by atoms with van der Waals surface area (Å²) in [5.74, 6) is 1.80. The number of halogens is 1. The molecule has 1 fully saturated rings. The molecule has 2 aromatic heterocycles. The molecule has 1 aliphatic rings. The molecule has 0 radical (unpaired) electrons. The molecule has 1 saturated carbocycles. The molecule has 1 amide bonds. The number of carbonyl (C=O) groups excluding carboxylic acids is 1. The van der Waals surface area contributed by atoms with Crippen molar-refractivity contribution in [3.63, 3.8) is 0 Å². The predicted octanol–water partition coefficient (Wildman–Crippen LogP) is 3.89. The van der Waals surface area contributed by atoms with E-state index in [-0.39, 0.29) is 11.3 Å². The maximum atomic E-state index is 12.2. The molecule has 0 atom stereocenters. The van der Waals surface area contributed by atoms with E-state index in [1.807, 2.05) is 44.2 Å². The maximum Gasteiger partial charge on any atom is 0.227 e. The monoisotopic (exact) mass is 439 g/mol. The fourth-order valence-electron chi connectivity index (χ4n) is 4.01.